The zero-order valence-electron chi connectivity index (χ0n) is 86.3. The van der Waals surface area contributed by atoms with Gasteiger partial charge in [-0.2, -0.15) is 0 Å². The fraction of sp³-hybridized carbons (Fsp3) is 0.622. The molecule has 0 saturated carbocycles. The molecule has 0 radical (unpaired) electrons. The van der Waals surface area contributed by atoms with E-state index in [0.717, 1.165) is 15.1 Å². The van der Waals surface area contributed by atoms with Gasteiger partial charge in [-0.25, -0.2) is 0 Å². The van der Waals surface area contributed by atoms with Gasteiger partial charge in [-0.15, -0.1) is 0 Å². The van der Waals surface area contributed by atoms with Gasteiger partial charge in [0.25, 0.3) is 0 Å². The van der Waals surface area contributed by atoms with Crippen LogP contribution in [0, 0.1) is 27.7 Å². The first-order chi connectivity index (χ1) is 58.7. The van der Waals surface area contributed by atoms with Crippen LogP contribution in [0.2, 0.25) is 15.1 Å². The topological polar surface area (TPSA) is 0 Å². The number of hydrogen-bond donors (Lipinski definition) is 0. The third kappa shape index (κ3) is 23.9. The van der Waals surface area contributed by atoms with Crippen LogP contribution in [-0.4, -0.2) is 0 Å². The predicted octanol–water partition coefficient (Wildman–Crippen LogP) is 37.2. The van der Waals surface area contributed by atoms with Gasteiger partial charge in [0.05, 0.1) is 0 Å². The lowest BCUT2D eigenvalue weighted by Crippen LogP contribution is -2.18. The summed E-state index contributed by atoms with van der Waals surface area (Å²) < 4.78 is 0. The molecule has 130 heavy (non-hydrogen) atoms. The third-order valence-corrected chi connectivity index (χ3v) is 31.5. The second kappa shape index (κ2) is 43.1. The first-order valence-corrected chi connectivity index (χ1v) is 52.1. The summed E-state index contributed by atoms with van der Waals surface area (Å²) in [5.74, 6) is 1.27. The van der Waals surface area contributed by atoms with Crippen LogP contribution in [-0.2, 0) is 185 Å². The maximum absolute atomic E-state index is 6.40. The maximum Gasteiger partial charge on any atom is 0.0448 e. The van der Waals surface area contributed by atoms with E-state index in [2.05, 4.69) is 276 Å². The molecule has 0 unspecified atom stereocenters. The molecule has 11 aliphatic carbocycles. The Kier molecular flexibility index (Phi) is 36.5. The second-order valence-electron chi connectivity index (χ2n) is 49.5. The van der Waals surface area contributed by atoms with Crippen LogP contribution in [0.15, 0.2) is 54.6 Å². The van der Waals surface area contributed by atoms with Gasteiger partial charge in [0.15, 0.2) is 0 Å². The molecule has 3 heteroatoms. The summed E-state index contributed by atoms with van der Waals surface area (Å²) in [6, 6.07) is 20.4. The van der Waals surface area contributed by atoms with E-state index >= 15 is 0 Å². The number of aryl methyl sites for hydroxylation is 7. The lowest BCUT2D eigenvalue weighted by atomic mass is 9.76. The minimum atomic E-state index is 0. The van der Waals surface area contributed by atoms with Crippen molar-refractivity contribution >= 4 is 34.8 Å². The molecular weight excluding hydrogens is 1630 g/mol. The number of benzene rings is 8. The fourth-order valence-electron chi connectivity index (χ4n) is 26.1. The van der Waals surface area contributed by atoms with Gasteiger partial charge in [0.1, 0.15) is 0 Å². The minimum Gasteiger partial charge on any atom is -0.0840 e. The van der Waals surface area contributed by atoms with Crippen LogP contribution in [0.3, 0.4) is 0 Å². The molecule has 8 aromatic carbocycles. The SMILES string of the molecule is C.C.C.C.CC(C)(C)c1c(Cl)ccc2c1CCC2.CC(C)(C)c1c(Cl)ccc2c1CCC2.CC(C)(C)c1c2c(cc3c1CCC3)CCC2.CC(C)c1ccc2c(c1C(C)(C)C)CCC2.Cc1c2c(c(C(C)(C)C)c3c1CCC3)CCC2.Cc1c2c(c(C(C)(C)C)c3c1CCC3)CCC2.Cc1cc(C(C)C)c(C(C)(C)C)c2c1CCC2.Cc1cc(Cl)c(C(C)(C)C)c2c1CCC2. The lowest BCUT2D eigenvalue weighted by Gasteiger charge is -2.29. The van der Waals surface area contributed by atoms with Crippen molar-refractivity contribution in [1.82, 2.24) is 0 Å². The highest BCUT2D eigenvalue weighted by Crippen LogP contribution is 2.50. The zero-order chi connectivity index (χ0) is 92.4. The maximum atomic E-state index is 6.40. The van der Waals surface area contributed by atoms with Crippen molar-refractivity contribution in [2.45, 2.75) is 518 Å². The van der Waals surface area contributed by atoms with E-state index in [0.29, 0.717) is 28.1 Å². The first kappa shape index (κ1) is 110. The van der Waals surface area contributed by atoms with Crippen molar-refractivity contribution in [2.24, 2.45) is 0 Å². The average Bonchev–Trinajstić information content (AvgIpc) is 1.58. The van der Waals surface area contributed by atoms with Gasteiger partial charge in [0.2, 0.25) is 0 Å². The number of halogens is 3. The molecule has 0 saturated heterocycles. The van der Waals surface area contributed by atoms with Crippen molar-refractivity contribution in [3.8, 4) is 0 Å². The smallest absolute Gasteiger partial charge is 0.0448 e. The quantitative estimate of drug-likeness (QED) is 0.162. The highest BCUT2D eigenvalue weighted by atomic mass is 35.5. The molecule has 8 aromatic rings. The number of fused-ring (bicyclic) bond motifs is 11. The molecule has 0 bridgehead atoms. The van der Waals surface area contributed by atoms with E-state index in [1.54, 1.807) is 145 Å². The molecule has 0 spiro atoms. The van der Waals surface area contributed by atoms with Crippen molar-refractivity contribution in [3.05, 3.63) is 270 Å². The molecule has 0 aliphatic heterocycles. The average molecular weight is 1820 g/mol. The van der Waals surface area contributed by atoms with Gasteiger partial charge >= 0.3 is 0 Å². The number of hydrogen-bond acceptors (Lipinski definition) is 0. The molecule has 11 aliphatic rings. The van der Waals surface area contributed by atoms with Crippen molar-refractivity contribution < 1.29 is 0 Å². The summed E-state index contributed by atoms with van der Waals surface area (Å²) in [4.78, 5) is 0. The molecule has 0 nitrogen and oxygen atoms in total. The van der Waals surface area contributed by atoms with E-state index < -0.39 is 0 Å². The zero-order valence-corrected chi connectivity index (χ0v) is 88.6. The molecular formula is C127H189Cl3. The van der Waals surface area contributed by atoms with Crippen LogP contribution in [0.25, 0.3) is 0 Å². The molecule has 718 valence electrons. The van der Waals surface area contributed by atoms with E-state index in [4.69, 9.17) is 34.8 Å². The van der Waals surface area contributed by atoms with Gasteiger partial charge in [-0.05, 0) is 513 Å². The van der Waals surface area contributed by atoms with E-state index in [1.165, 1.54) is 268 Å². The summed E-state index contributed by atoms with van der Waals surface area (Å²) in [7, 11) is 0. The number of rotatable bonds is 2. The summed E-state index contributed by atoms with van der Waals surface area (Å²) in [6.45, 7) is 74.4. The monoisotopic (exact) mass is 1820 g/mol. The minimum absolute atomic E-state index is 0. The van der Waals surface area contributed by atoms with Crippen LogP contribution < -0.4 is 0 Å². The van der Waals surface area contributed by atoms with Crippen molar-refractivity contribution in [1.29, 1.82) is 0 Å². The second-order valence-corrected chi connectivity index (χ2v) is 50.7. The summed E-state index contributed by atoms with van der Waals surface area (Å²) in [6.07, 6.45) is 43.3. The Morgan fingerprint density at radius 1 is 0.192 bits per heavy atom. The Hall–Kier alpha value is -5.37. The van der Waals surface area contributed by atoms with Crippen LogP contribution >= 0.6 is 34.8 Å². The molecule has 0 N–H and O–H groups in total. The van der Waals surface area contributed by atoms with Crippen LogP contribution in [0.4, 0.5) is 0 Å². The highest BCUT2D eigenvalue weighted by Gasteiger charge is 2.38. The Balaban J connectivity index is 0.000000183. The van der Waals surface area contributed by atoms with Crippen molar-refractivity contribution in [2.75, 3.05) is 0 Å². The predicted molar refractivity (Wildman–Crippen MR) is 582 cm³/mol. The van der Waals surface area contributed by atoms with Crippen LogP contribution in [0.1, 0.15) is 506 Å². The summed E-state index contributed by atoms with van der Waals surface area (Å²) in [5.41, 5.74) is 60.3. The molecule has 0 atom stereocenters. The molecule has 0 amide bonds. The van der Waals surface area contributed by atoms with Gasteiger partial charge in [-0.1, -0.05) is 295 Å². The van der Waals surface area contributed by atoms with Crippen LogP contribution in [0.5, 0.6) is 0 Å². The lowest BCUT2D eigenvalue weighted by molar-refractivity contribution is 0.570. The van der Waals surface area contributed by atoms with E-state index in [1.807, 2.05) is 0 Å². The largest absolute Gasteiger partial charge is 0.0840 e. The Labute approximate surface area is 817 Å². The Morgan fingerprint density at radius 3 is 0.685 bits per heavy atom. The highest BCUT2D eigenvalue weighted by molar-refractivity contribution is 6.32. The molecule has 0 aromatic heterocycles. The Morgan fingerprint density at radius 2 is 0.392 bits per heavy atom. The molecule has 0 heterocycles. The fourth-order valence-corrected chi connectivity index (χ4v) is 27.5. The standard InChI is InChI=1S/2C17H24.C17H26.C16H22.C16H24.C14H19Cl.2C13H17Cl.4CH4/c2*1-11-12-7-5-9-14(12)16(17(2,3)4)15-10-6-8-13(11)15;1-11(2)15-10-12(3)13-8-7-9-14(13)16(15)17(4,5)6;1-16(2,3)15-13-8-4-6-11(13)10-12-7-5-9-14(12)15;1-11(2)13-10-9-12-7-6-8-14(12)15(13)16(3,4)5;1-9-8-12(15)13(14(2,3)4)11-7-5-6-10(9)11;2*1-13(2,3)12-10-6-4-5-9(10)7-8-11(12)14;;;;/h2*5-10H2,1-4H3;10-11H,7-9H2,1-6H3;10H,4-9H2,1-3H3;9-11H,6-8H2,1-5H3;8H,5-7H2,1-4H3;2*7-8H,4-6H2,1-3H3;4*1H4. The Bertz CT molecular complexity index is 5030. The van der Waals surface area contributed by atoms with Gasteiger partial charge in [-0.3, -0.25) is 0 Å². The van der Waals surface area contributed by atoms with Gasteiger partial charge < -0.3 is 0 Å². The summed E-state index contributed by atoms with van der Waals surface area (Å²) >= 11 is 19.0. The van der Waals surface area contributed by atoms with E-state index in [9.17, 15) is 0 Å². The van der Waals surface area contributed by atoms with Gasteiger partial charge in [0, 0.05) is 15.1 Å². The third-order valence-electron chi connectivity index (χ3n) is 30.6. The summed E-state index contributed by atoms with van der Waals surface area (Å²) in [5, 5.41) is 2.84. The first-order valence-electron chi connectivity index (χ1n) is 50.9. The molecule has 0 fully saturated rings. The molecule has 19 rings (SSSR count). The van der Waals surface area contributed by atoms with E-state index in [-0.39, 0.29) is 56.8 Å². The normalized spacial score (nSPS) is 16.2. The van der Waals surface area contributed by atoms with Crippen molar-refractivity contribution in [3.63, 3.8) is 0 Å².